The van der Waals surface area contributed by atoms with Gasteiger partial charge in [0.05, 0.1) is 7.05 Å². The smallest absolute Gasteiger partial charge is 0.441 e. The van der Waals surface area contributed by atoms with Gasteiger partial charge < -0.3 is 25.6 Å². The second-order valence-corrected chi connectivity index (χ2v) is 8.60. The average Bonchev–Trinajstić information content (AvgIpc) is 2.22. The summed E-state index contributed by atoms with van der Waals surface area (Å²) in [5.74, 6) is -0.983. The predicted molar refractivity (Wildman–Crippen MR) is 74.9 cm³/mol. The Morgan fingerprint density at radius 3 is 2.53 bits per heavy atom. The molecule has 0 radical (unpaired) electrons. The summed E-state index contributed by atoms with van der Waals surface area (Å²) in [6.07, 6.45) is -1.00. The molecule has 0 aromatic heterocycles. The number of carbonyl (C=O) groups excluding carboxylic acids is 2. The summed E-state index contributed by atoms with van der Waals surface area (Å²) in [5, 5.41) is 10.9. The van der Waals surface area contributed by atoms with Crippen LogP contribution in [-0.2, 0) is 14.4 Å². The van der Waals surface area contributed by atoms with Crippen molar-refractivity contribution in [1.29, 1.82) is 0 Å². The topological polar surface area (TPSA) is 118 Å². The lowest BCUT2D eigenvalue weighted by atomic mass is 10.5. The summed E-state index contributed by atoms with van der Waals surface area (Å²) < 4.78 is 3.81. The number of nitrogens with two attached hydrogens (primary N) is 1. The summed E-state index contributed by atoms with van der Waals surface area (Å²) in [6, 6.07) is 0. The van der Waals surface area contributed by atoms with E-state index in [2.05, 4.69) is 16.2 Å². The summed E-state index contributed by atoms with van der Waals surface area (Å²) in [7, 11) is 1.37. The Morgan fingerprint density at radius 1 is 1.59 bits per heavy atom. The summed E-state index contributed by atoms with van der Waals surface area (Å²) in [6.45, 7) is 2.95. The number of likely N-dealkylation sites (N-methyl/N-ethyl adjacent to an activating group) is 1. The number of quaternary nitrogens is 1. The maximum Gasteiger partial charge on any atom is 0.441 e. The predicted octanol–water partition coefficient (Wildman–Crippen LogP) is -0.820. The fourth-order valence-electron chi connectivity index (χ4n) is 0.441. The zero-order chi connectivity index (χ0) is 13.6. The van der Waals surface area contributed by atoms with E-state index in [0.717, 1.165) is 0 Å². The van der Waals surface area contributed by atoms with E-state index < -0.39 is 13.6 Å². The number of amides is 1. The van der Waals surface area contributed by atoms with Crippen LogP contribution in [-0.4, -0.2) is 27.3 Å². The van der Waals surface area contributed by atoms with Crippen molar-refractivity contribution in [3.63, 3.8) is 0 Å². The van der Waals surface area contributed by atoms with Gasteiger partial charge in [-0.15, -0.1) is 5.48 Å². The Morgan fingerprint density at radius 2 is 2.12 bits per heavy atom. The van der Waals surface area contributed by atoms with Gasteiger partial charge in [-0.1, -0.05) is 6.58 Å². The third-order valence-electron chi connectivity index (χ3n) is 1.39. The van der Waals surface area contributed by atoms with Crippen LogP contribution in [0.4, 0.5) is 4.79 Å². The van der Waals surface area contributed by atoms with Gasteiger partial charge in [0.25, 0.3) is 0 Å². The number of carbonyl (C=O) groups is 2. The van der Waals surface area contributed by atoms with E-state index in [1.165, 1.54) is 7.05 Å². The van der Waals surface area contributed by atoms with Crippen molar-refractivity contribution in [1.82, 2.24) is 5.48 Å². The highest BCUT2D eigenvalue weighted by molar-refractivity contribution is 14.2. The maximum absolute atomic E-state index is 11.1. The first-order valence-corrected chi connectivity index (χ1v) is 6.29. The second-order valence-electron chi connectivity index (χ2n) is 2.85. The number of hydrogen-bond donors (Lipinski definition) is 3. The van der Waals surface area contributed by atoms with Crippen molar-refractivity contribution in [2.45, 2.75) is 1.55 Å². The molecule has 0 spiro atoms. The molecule has 0 aromatic rings. The monoisotopic (exact) mass is 471 g/mol. The zero-order valence-corrected chi connectivity index (χ0v) is 13.1. The van der Waals surface area contributed by atoms with Crippen LogP contribution in [0.1, 0.15) is 0 Å². The van der Waals surface area contributed by atoms with Gasteiger partial charge in [-0.25, -0.2) is 9.59 Å². The fraction of sp³-hybridized carbons (Fsp3) is 0.429. The number of nitrogens with one attached hydrogen (secondary N) is 2. The molecule has 1 unspecified atom stereocenters. The maximum atomic E-state index is 11.1. The Labute approximate surface area is 125 Å². The fourth-order valence-corrected chi connectivity index (χ4v) is 0.752. The van der Waals surface area contributed by atoms with Gasteiger partial charge in [-0.05, 0) is 0 Å². The molecule has 10 heteroatoms. The van der Waals surface area contributed by atoms with Crippen LogP contribution >= 0.6 is 45.2 Å². The normalized spacial score (nSPS) is 12.5. The highest BCUT2D eigenvalue weighted by Crippen LogP contribution is 2.19. The van der Waals surface area contributed by atoms with Gasteiger partial charge in [0.1, 0.15) is 5.70 Å². The Hall–Kier alpha value is -0.340. The molecular weight excluding hydrogens is 460 g/mol. The molecule has 0 fully saturated rings. The number of ether oxygens (including phenoxy) is 1. The first-order chi connectivity index (χ1) is 7.66. The minimum Gasteiger partial charge on any atom is -0.633 e. The zero-order valence-electron chi connectivity index (χ0n) is 8.79. The summed E-state index contributed by atoms with van der Waals surface area (Å²) in [5.41, 5.74) is 6.35. The van der Waals surface area contributed by atoms with Crippen molar-refractivity contribution in [3.05, 3.63) is 17.5 Å². The van der Waals surface area contributed by atoms with Crippen molar-refractivity contribution in [2.75, 3.05) is 13.7 Å². The molecule has 0 bridgehead atoms. The lowest BCUT2D eigenvalue weighted by Crippen LogP contribution is -3.11. The van der Waals surface area contributed by atoms with Crippen molar-refractivity contribution in [3.8, 4) is 0 Å². The number of alkyl halides is 2. The van der Waals surface area contributed by atoms with Crippen molar-refractivity contribution in [2.24, 2.45) is 5.73 Å². The molecule has 0 aliphatic heterocycles. The number of hydroxylamine groups is 3. The molecule has 1 atom stereocenters. The molecule has 0 aliphatic carbocycles. The third kappa shape index (κ3) is 6.85. The molecular formula is C7H11I2N3O5. The lowest BCUT2D eigenvalue weighted by Gasteiger charge is -2.30. The van der Waals surface area contributed by atoms with Crippen LogP contribution in [0.5, 0.6) is 0 Å². The van der Waals surface area contributed by atoms with Gasteiger partial charge in [0.2, 0.25) is 1.55 Å². The van der Waals surface area contributed by atoms with Crippen LogP contribution < -0.4 is 16.3 Å². The van der Waals surface area contributed by atoms with Gasteiger partial charge >= 0.3 is 12.1 Å². The number of halogens is 2. The third-order valence-corrected chi connectivity index (χ3v) is 3.53. The highest BCUT2D eigenvalue weighted by Gasteiger charge is 2.29. The molecule has 8 nitrogen and oxygen atoms in total. The van der Waals surface area contributed by atoms with Crippen LogP contribution in [0, 0.1) is 5.21 Å². The van der Waals surface area contributed by atoms with E-state index in [4.69, 9.17) is 5.73 Å². The quantitative estimate of drug-likeness (QED) is 0.162. The molecule has 0 rings (SSSR count). The molecule has 0 saturated carbocycles. The van der Waals surface area contributed by atoms with Gasteiger partial charge in [0.15, 0.2) is 6.61 Å². The minimum absolute atomic E-state index is 0.154. The highest BCUT2D eigenvalue weighted by atomic mass is 127. The molecule has 0 aliphatic rings. The van der Waals surface area contributed by atoms with Gasteiger partial charge in [0, 0.05) is 45.2 Å². The first-order valence-electron chi connectivity index (χ1n) is 4.14. The summed E-state index contributed by atoms with van der Waals surface area (Å²) >= 11 is 3.68. The molecule has 17 heavy (non-hydrogen) atoms. The van der Waals surface area contributed by atoms with Gasteiger partial charge in [-0.3, -0.25) is 0 Å². The standard InChI is InChI=1S/C7H11I2N3O5/c1-4(10)5(13)17-11-6(14)16-3-7(8,9)12(2)15/h12H,1,3,10H2,2H3,(H,11,14). The van der Waals surface area contributed by atoms with E-state index in [1.54, 1.807) is 5.48 Å². The molecule has 0 aromatic carbocycles. The molecule has 98 valence electrons. The molecule has 4 N–H and O–H groups in total. The average molecular weight is 471 g/mol. The van der Waals surface area contributed by atoms with Gasteiger partial charge in [-0.2, -0.15) is 0 Å². The Bertz CT molecular complexity index is 321. The second kappa shape index (κ2) is 7.17. The lowest BCUT2D eigenvalue weighted by molar-refractivity contribution is -0.838. The Balaban J connectivity index is 3.97. The number of rotatable bonds is 4. The van der Waals surface area contributed by atoms with E-state index in [1.807, 2.05) is 45.2 Å². The van der Waals surface area contributed by atoms with E-state index >= 15 is 0 Å². The van der Waals surface area contributed by atoms with Crippen molar-refractivity contribution >= 4 is 57.2 Å². The number of hydrogen-bond acceptors (Lipinski definition) is 6. The van der Waals surface area contributed by atoms with Crippen LogP contribution in [0.15, 0.2) is 12.3 Å². The van der Waals surface area contributed by atoms with E-state index in [0.29, 0.717) is 0 Å². The van der Waals surface area contributed by atoms with Crippen molar-refractivity contribution < 1.29 is 24.2 Å². The summed E-state index contributed by atoms with van der Waals surface area (Å²) in [4.78, 5) is 26.0. The minimum atomic E-state index is -1.00. The SMILES string of the molecule is C=C(N)C(=O)ONC(=O)OCC(I)(I)[NH+](C)[O-]. The van der Waals surface area contributed by atoms with Crippen LogP contribution in [0.3, 0.4) is 0 Å². The molecule has 1 amide bonds. The Kier molecular flexibility index (Phi) is 7.03. The molecule has 0 heterocycles. The van der Waals surface area contributed by atoms with E-state index in [9.17, 15) is 14.8 Å². The largest absolute Gasteiger partial charge is 0.633 e. The molecule has 0 saturated heterocycles. The van der Waals surface area contributed by atoms with E-state index in [-0.39, 0.29) is 17.4 Å². The van der Waals surface area contributed by atoms with Crippen LogP contribution in [0.25, 0.3) is 0 Å². The first kappa shape index (κ1) is 16.7. The van der Waals surface area contributed by atoms with Crippen LogP contribution in [0.2, 0.25) is 0 Å².